The van der Waals surface area contributed by atoms with Gasteiger partial charge < -0.3 is 5.32 Å². The lowest BCUT2D eigenvalue weighted by atomic mass is 10.4. The molecule has 0 saturated carbocycles. The maximum absolute atomic E-state index is 4.19. The van der Waals surface area contributed by atoms with Gasteiger partial charge in [0, 0.05) is 13.2 Å². The summed E-state index contributed by atoms with van der Waals surface area (Å²) in [6.07, 6.45) is 1.96. The van der Waals surface area contributed by atoms with E-state index in [0.29, 0.717) is 0 Å². The molecule has 0 bridgehead atoms. The van der Waals surface area contributed by atoms with E-state index in [1.54, 1.807) is 0 Å². The van der Waals surface area contributed by atoms with E-state index in [1.165, 1.54) is 0 Å². The zero-order valence-electron chi connectivity index (χ0n) is 5.83. The van der Waals surface area contributed by atoms with E-state index >= 15 is 0 Å². The normalized spacial score (nSPS) is 10.0. The van der Waals surface area contributed by atoms with Gasteiger partial charge in [-0.25, -0.2) is 0 Å². The summed E-state index contributed by atoms with van der Waals surface area (Å²) in [4.78, 5) is 0. The number of hydrogen-bond acceptors (Lipinski definition) is 1. The fourth-order valence-electron chi connectivity index (χ4n) is 0.781. The van der Waals surface area contributed by atoms with Crippen LogP contribution in [-0.2, 0) is 13.6 Å². The van der Waals surface area contributed by atoms with Gasteiger partial charge in [0.2, 0.25) is 0 Å². The SMILES string of the molecule is C[NH2+]Cc1ccn(C)n1. The zero-order valence-corrected chi connectivity index (χ0v) is 5.83. The minimum absolute atomic E-state index is 0.973. The summed E-state index contributed by atoms with van der Waals surface area (Å²) in [5.74, 6) is 0. The van der Waals surface area contributed by atoms with Crippen LogP contribution in [0.4, 0.5) is 0 Å². The van der Waals surface area contributed by atoms with Crippen LogP contribution in [-0.4, -0.2) is 16.8 Å². The Balaban J connectivity index is 2.61. The summed E-state index contributed by atoms with van der Waals surface area (Å²) < 4.78 is 1.82. The first kappa shape index (κ1) is 6.29. The molecule has 0 aliphatic heterocycles. The van der Waals surface area contributed by atoms with Gasteiger partial charge in [0.1, 0.15) is 12.2 Å². The third kappa shape index (κ3) is 1.54. The van der Waals surface area contributed by atoms with E-state index in [-0.39, 0.29) is 0 Å². The lowest BCUT2D eigenvalue weighted by molar-refractivity contribution is -0.643. The van der Waals surface area contributed by atoms with Gasteiger partial charge in [-0.15, -0.1) is 0 Å². The molecule has 0 aliphatic rings. The Hall–Kier alpha value is -0.830. The number of aryl methyl sites for hydroxylation is 1. The highest BCUT2D eigenvalue weighted by atomic mass is 15.2. The molecule has 3 heteroatoms. The second-order valence-corrected chi connectivity index (χ2v) is 2.09. The second-order valence-electron chi connectivity index (χ2n) is 2.09. The molecule has 2 N–H and O–H groups in total. The van der Waals surface area contributed by atoms with Crippen LogP contribution in [0.25, 0.3) is 0 Å². The molecule has 9 heavy (non-hydrogen) atoms. The topological polar surface area (TPSA) is 34.4 Å². The van der Waals surface area contributed by atoms with Crippen LogP contribution >= 0.6 is 0 Å². The highest BCUT2D eigenvalue weighted by molar-refractivity contribution is 4.95. The van der Waals surface area contributed by atoms with Gasteiger partial charge in [-0.1, -0.05) is 0 Å². The maximum Gasteiger partial charge on any atom is 0.120 e. The minimum atomic E-state index is 0.973. The Morgan fingerprint density at radius 2 is 2.56 bits per heavy atom. The van der Waals surface area contributed by atoms with Crippen molar-refractivity contribution in [2.75, 3.05) is 7.05 Å². The number of nitrogens with two attached hydrogens (primary N) is 1. The van der Waals surface area contributed by atoms with Gasteiger partial charge in [0.15, 0.2) is 0 Å². The van der Waals surface area contributed by atoms with Gasteiger partial charge in [0.05, 0.1) is 7.05 Å². The first-order valence-electron chi connectivity index (χ1n) is 3.09. The molecule has 0 aromatic carbocycles. The molecule has 0 atom stereocenters. The number of quaternary nitrogens is 1. The predicted molar refractivity (Wildman–Crippen MR) is 34.8 cm³/mol. The smallest absolute Gasteiger partial charge is 0.120 e. The van der Waals surface area contributed by atoms with Crippen LogP contribution in [0, 0.1) is 0 Å². The predicted octanol–water partition coefficient (Wildman–Crippen LogP) is -0.887. The van der Waals surface area contributed by atoms with Crippen LogP contribution in [0.15, 0.2) is 12.3 Å². The quantitative estimate of drug-likeness (QED) is 0.548. The molecule has 0 amide bonds. The fourth-order valence-corrected chi connectivity index (χ4v) is 0.781. The lowest BCUT2D eigenvalue weighted by Gasteiger charge is -1.87. The van der Waals surface area contributed by atoms with Crippen LogP contribution in [0.5, 0.6) is 0 Å². The van der Waals surface area contributed by atoms with Crippen molar-refractivity contribution in [1.82, 2.24) is 9.78 Å². The molecule has 0 radical (unpaired) electrons. The molecule has 0 fully saturated rings. The first-order valence-corrected chi connectivity index (χ1v) is 3.09. The van der Waals surface area contributed by atoms with Crippen LogP contribution in [0.1, 0.15) is 5.69 Å². The van der Waals surface area contributed by atoms with Crippen molar-refractivity contribution in [3.8, 4) is 0 Å². The molecule has 50 valence electrons. The Kier molecular flexibility index (Phi) is 1.85. The van der Waals surface area contributed by atoms with E-state index < -0.39 is 0 Å². The molecule has 1 aromatic rings. The van der Waals surface area contributed by atoms with Gasteiger partial charge in [-0.3, -0.25) is 4.68 Å². The summed E-state index contributed by atoms with van der Waals surface area (Å²) in [7, 11) is 3.97. The molecule has 0 unspecified atom stereocenters. The number of hydrogen-bond donors (Lipinski definition) is 1. The Morgan fingerprint density at radius 1 is 1.78 bits per heavy atom. The summed E-state index contributed by atoms with van der Waals surface area (Å²) in [6, 6.07) is 2.03. The van der Waals surface area contributed by atoms with E-state index in [9.17, 15) is 0 Å². The molecule has 0 aliphatic carbocycles. The standard InChI is InChI=1S/C6H11N3/c1-7-5-6-3-4-9(2)8-6/h3-4,7H,5H2,1-2H3/p+1. The van der Waals surface area contributed by atoms with Crippen molar-refractivity contribution in [1.29, 1.82) is 0 Å². The molecular formula is C6H12N3+. The van der Waals surface area contributed by atoms with Crippen LogP contribution in [0.2, 0.25) is 0 Å². The summed E-state index contributed by atoms with van der Waals surface area (Å²) in [5, 5.41) is 6.29. The number of nitrogens with zero attached hydrogens (tertiary/aromatic N) is 2. The zero-order chi connectivity index (χ0) is 6.69. The van der Waals surface area contributed by atoms with Crippen LogP contribution < -0.4 is 5.32 Å². The van der Waals surface area contributed by atoms with Gasteiger partial charge in [0.25, 0.3) is 0 Å². The van der Waals surface area contributed by atoms with Crippen molar-refractivity contribution in [3.63, 3.8) is 0 Å². The first-order chi connectivity index (χ1) is 4.33. The average Bonchev–Trinajstić information content (AvgIpc) is 2.17. The minimum Gasteiger partial charge on any atom is -0.344 e. The average molecular weight is 126 g/mol. The van der Waals surface area contributed by atoms with Gasteiger partial charge >= 0.3 is 0 Å². The van der Waals surface area contributed by atoms with Crippen molar-refractivity contribution in [2.45, 2.75) is 6.54 Å². The molecular weight excluding hydrogens is 114 g/mol. The maximum atomic E-state index is 4.19. The van der Waals surface area contributed by atoms with Crippen molar-refractivity contribution >= 4 is 0 Å². The van der Waals surface area contributed by atoms with E-state index in [4.69, 9.17) is 0 Å². The molecule has 0 saturated heterocycles. The van der Waals surface area contributed by atoms with E-state index in [0.717, 1.165) is 12.2 Å². The monoisotopic (exact) mass is 126 g/mol. The number of rotatable bonds is 2. The summed E-state index contributed by atoms with van der Waals surface area (Å²) in [6.45, 7) is 0.973. The largest absolute Gasteiger partial charge is 0.344 e. The highest BCUT2D eigenvalue weighted by Crippen LogP contribution is 1.88. The third-order valence-electron chi connectivity index (χ3n) is 1.18. The summed E-state index contributed by atoms with van der Waals surface area (Å²) >= 11 is 0. The van der Waals surface area contributed by atoms with E-state index in [1.807, 2.05) is 31.0 Å². The van der Waals surface area contributed by atoms with Crippen molar-refractivity contribution < 1.29 is 5.32 Å². The molecule has 3 nitrogen and oxygen atoms in total. The molecule has 1 rings (SSSR count). The molecule has 1 heterocycles. The van der Waals surface area contributed by atoms with Crippen molar-refractivity contribution in [3.05, 3.63) is 18.0 Å². The van der Waals surface area contributed by atoms with Crippen LogP contribution in [0.3, 0.4) is 0 Å². The lowest BCUT2D eigenvalue weighted by Crippen LogP contribution is -2.77. The van der Waals surface area contributed by atoms with Crippen molar-refractivity contribution in [2.24, 2.45) is 7.05 Å². The Bertz CT molecular complexity index is 180. The second kappa shape index (κ2) is 2.64. The van der Waals surface area contributed by atoms with Gasteiger partial charge in [-0.2, -0.15) is 5.10 Å². The number of aromatic nitrogens is 2. The summed E-state index contributed by atoms with van der Waals surface area (Å²) in [5.41, 5.74) is 1.14. The molecule has 0 spiro atoms. The highest BCUT2D eigenvalue weighted by Gasteiger charge is 1.93. The Labute approximate surface area is 54.7 Å². The van der Waals surface area contributed by atoms with Gasteiger partial charge in [-0.05, 0) is 6.07 Å². The molecule has 1 aromatic heterocycles. The fraction of sp³-hybridized carbons (Fsp3) is 0.500. The van der Waals surface area contributed by atoms with E-state index in [2.05, 4.69) is 10.4 Å². The third-order valence-corrected chi connectivity index (χ3v) is 1.18. The Morgan fingerprint density at radius 3 is 3.00 bits per heavy atom.